The van der Waals surface area contributed by atoms with Gasteiger partial charge in [-0.25, -0.2) is 0 Å². The van der Waals surface area contributed by atoms with Crippen molar-refractivity contribution in [2.24, 2.45) is 0 Å². The van der Waals surface area contributed by atoms with E-state index in [0.717, 1.165) is 25.7 Å². The highest BCUT2D eigenvalue weighted by Crippen LogP contribution is 2.23. The van der Waals surface area contributed by atoms with Gasteiger partial charge in [-0.3, -0.25) is 9.59 Å². The van der Waals surface area contributed by atoms with Crippen molar-refractivity contribution in [1.82, 2.24) is 10.2 Å². The first kappa shape index (κ1) is 15.6. The molecule has 1 aliphatic carbocycles. The van der Waals surface area contributed by atoms with Gasteiger partial charge in [0.25, 0.3) is 5.91 Å². The second-order valence-corrected chi connectivity index (χ2v) is 5.37. The van der Waals surface area contributed by atoms with Crippen LogP contribution in [-0.4, -0.2) is 47.1 Å². The maximum absolute atomic E-state index is 12.5. The fourth-order valence-electron chi connectivity index (χ4n) is 2.78. The molecule has 2 N–H and O–H groups in total. The summed E-state index contributed by atoms with van der Waals surface area (Å²) in [6.45, 7) is 1.90. The van der Waals surface area contributed by atoms with Gasteiger partial charge in [0.2, 0.25) is 5.91 Å². The fraction of sp³-hybridized carbons (Fsp3) is 0.600. The number of rotatable bonds is 6. The molecule has 21 heavy (non-hydrogen) atoms. The molecular weight excluding hydrogens is 272 g/mol. The Bertz CT molecular complexity index is 466. The number of furan rings is 1. The summed E-state index contributed by atoms with van der Waals surface area (Å²) in [6.07, 6.45) is 5.55. The van der Waals surface area contributed by atoms with Crippen LogP contribution in [0.5, 0.6) is 0 Å². The minimum absolute atomic E-state index is 0.0684. The lowest BCUT2D eigenvalue weighted by molar-refractivity contribution is -0.135. The van der Waals surface area contributed by atoms with Gasteiger partial charge in [0.1, 0.15) is 6.04 Å². The molecule has 0 aromatic carbocycles. The maximum Gasteiger partial charge on any atom is 0.287 e. The molecule has 116 valence electrons. The molecule has 1 aromatic rings. The normalized spacial score (nSPS) is 16.7. The van der Waals surface area contributed by atoms with Crippen LogP contribution in [0.25, 0.3) is 0 Å². The van der Waals surface area contributed by atoms with Gasteiger partial charge in [-0.05, 0) is 31.9 Å². The van der Waals surface area contributed by atoms with Crippen molar-refractivity contribution < 1.29 is 19.1 Å². The van der Waals surface area contributed by atoms with Crippen LogP contribution in [0.15, 0.2) is 22.8 Å². The summed E-state index contributed by atoms with van der Waals surface area (Å²) in [6, 6.07) is 2.70. The number of nitrogens with one attached hydrogen (secondary N) is 1. The molecule has 0 spiro atoms. The highest BCUT2D eigenvalue weighted by molar-refractivity contribution is 5.95. The van der Waals surface area contributed by atoms with Crippen molar-refractivity contribution in [2.45, 2.75) is 44.7 Å². The molecule has 1 heterocycles. The van der Waals surface area contributed by atoms with E-state index in [1.54, 1.807) is 24.0 Å². The summed E-state index contributed by atoms with van der Waals surface area (Å²) in [5.74, 6) is -0.378. The van der Waals surface area contributed by atoms with Gasteiger partial charge in [0.15, 0.2) is 5.76 Å². The van der Waals surface area contributed by atoms with Crippen molar-refractivity contribution >= 4 is 11.8 Å². The Hall–Kier alpha value is -1.82. The number of carbonyl (C=O) groups is 2. The zero-order valence-electron chi connectivity index (χ0n) is 12.2. The Morgan fingerprint density at radius 3 is 2.76 bits per heavy atom. The van der Waals surface area contributed by atoms with Crippen molar-refractivity contribution in [3.63, 3.8) is 0 Å². The fourth-order valence-corrected chi connectivity index (χ4v) is 2.78. The Labute approximate surface area is 124 Å². The number of carbonyl (C=O) groups excluding carboxylic acids is 2. The van der Waals surface area contributed by atoms with E-state index < -0.39 is 11.9 Å². The summed E-state index contributed by atoms with van der Waals surface area (Å²) in [5.41, 5.74) is 0. The summed E-state index contributed by atoms with van der Waals surface area (Å²) in [5, 5.41) is 11.8. The smallest absolute Gasteiger partial charge is 0.287 e. The van der Waals surface area contributed by atoms with Crippen LogP contribution in [0.2, 0.25) is 0 Å². The van der Waals surface area contributed by atoms with Gasteiger partial charge in [-0.1, -0.05) is 12.8 Å². The SMILES string of the molecule is CC(NC(=O)c1ccco1)C(=O)N(CCO)C1CCCC1. The molecule has 1 fully saturated rings. The van der Waals surface area contributed by atoms with Crippen LogP contribution in [0, 0.1) is 0 Å². The molecule has 6 heteroatoms. The lowest BCUT2D eigenvalue weighted by atomic mass is 10.1. The minimum atomic E-state index is -0.644. The van der Waals surface area contributed by atoms with E-state index in [0.29, 0.717) is 6.54 Å². The molecule has 1 aromatic heterocycles. The third-order valence-corrected chi connectivity index (χ3v) is 3.85. The molecule has 0 aliphatic heterocycles. The molecule has 6 nitrogen and oxygen atoms in total. The Morgan fingerprint density at radius 1 is 1.48 bits per heavy atom. The second kappa shape index (κ2) is 7.26. The van der Waals surface area contributed by atoms with Crippen LogP contribution < -0.4 is 5.32 Å². The summed E-state index contributed by atoms with van der Waals surface area (Å²) in [7, 11) is 0. The van der Waals surface area contributed by atoms with E-state index in [4.69, 9.17) is 9.52 Å². The monoisotopic (exact) mass is 294 g/mol. The Kier molecular flexibility index (Phi) is 5.38. The topological polar surface area (TPSA) is 82.8 Å². The second-order valence-electron chi connectivity index (χ2n) is 5.37. The summed E-state index contributed by atoms with van der Waals surface area (Å²) in [4.78, 5) is 26.1. The lowest BCUT2D eigenvalue weighted by Gasteiger charge is -2.31. The summed E-state index contributed by atoms with van der Waals surface area (Å²) < 4.78 is 5.01. The molecular formula is C15H22N2O4. The van der Waals surface area contributed by atoms with Crippen LogP contribution in [-0.2, 0) is 4.79 Å². The highest BCUT2D eigenvalue weighted by Gasteiger charge is 2.30. The molecule has 1 unspecified atom stereocenters. The number of amides is 2. The quantitative estimate of drug-likeness (QED) is 0.825. The van der Waals surface area contributed by atoms with E-state index in [1.807, 2.05) is 0 Å². The van der Waals surface area contributed by atoms with Crippen molar-refractivity contribution in [3.8, 4) is 0 Å². The molecule has 0 radical (unpaired) electrons. The van der Waals surface area contributed by atoms with Gasteiger partial charge in [0.05, 0.1) is 12.9 Å². The van der Waals surface area contributed by atoms with Crippen LogP contribution in [0.4, 0.5) is 0 Å². The van der Waals surface area contributed by atoms with Crippen LogP contribution in [0.1, 0.15) is 43.2 Å². The van der Waals surface area contributed by atoms with E-state index in [9.17, 15) is 9.59 Å². The Balaban J connectivity index is 1.97. The first-order valence-corrected chi connectivity index (χ1v) is 7.39. The molecule has 1 aliphatic rings. The standard InChI is InChI=1S/C15H22N2O4/c1-11(16-14(19)13-7-4-10-21-13)15(20)17(8-9-18)12-5-2-3-6-12/h4,7,10-12,18H,2-3,5-6,8-9H2,1H3,(H,16,19). The van der Waals surface area contributed by atoms with Gasteiger partial charge in [-0.2, -0.15) is 0 Å². The zero-order valence-corrected chi connectivity index (χ0v) is 12.2. The van der Waals surface area contributed by atoms with Gasteiger partial charge in [-0.15, -0.1) is 0 Å². The average Bonchev–Trinajstić information content (AvgIpc) is 3.16. The number of aliphatic hydroxyl groups is 1. The molecule has 2 amide bonds. The number of hydrogen-bond donors (Lipinski definition) is 2. The first-order valence-electron chi connectivity index (χ1n) is 7.39. The van der Waals surface area contributed by atoms with Crippen molar-refractivity contribution in [1.29, 1.82) is 0 Å². The highest BCUT2D eigenvalue weighted by atomic mass is 16.3. The molecule has 1 saturated carbocycles. The van der Waals surface area contributed by atoms with Crippen molar-refractivity contribution in [3.05, 3.63) is 24.2 Å². The van der Waals surface area contributed by atoms with E-state index in [2.05, 4.69) is 5.32 Å². The van der Waals surface area contributed by atoms with Gasteiger partial charge < -0.3 is 19.7 Å². The third-order valence-electron chi connectivity index (χ3n) is 3.85. The first-order chi connectivity index (χ1) is 10.1. The predicted molar refractivity (Wildman–Crippen MR) is 76.7 cm³/mol. The zero-order chi connectivity index (χ0) is 15.2. The van der Waals surface area contributed by atoms with Crippen LogP contribution in [0.3, 0.4) is 0 Å². The minimum Gasteiger partial charge on any atom is -0.459 e. The summed E-state index contributed by atoms with van der Waals surface area (Å²) >= 11 is 0. The van der Waals surface area contributed by atoms with E-state index in [1.165, 1.54) is 6.26 Å². The van der Waals surface area contributed by atoms with Crippen molar-refractivity contribution in [2.75, 3.05) is 13.2 Å². The molecule has 0 saturated heterocycles. The molecule has 0 bridgehead atoms. The predicted octanol–water partition coefficient (Wildman–Crippen LogP) is 1.16. The number of nitrogens with zero attached hydrogens (tertiary/aromatic N) is 1. The van der Waals surface area contributed by atoms with Gasteiger partial charge >= 0.3 is 0 Å². The van der Waals surface area contributed by atoms with Crippen LogP contribution >= 0.6 is 0 Å². The third kappa shape index (κ3) is 3.85. The molecule has 2 rings (SSSR count). The van der Waals surface area contributed by atoms with E-state index >= 15 is 0 Å². The van der Waals surface area contributed by atoms with E-state index in [-0.39, 0.29) is 24.3 Å². The maximum atomic E-state index is 12.5. The number of aliphatic hydroxyl groups excluding tert-OH is 1. The Morgan fingerprint density at radius 2 is 2.19 bits per heavy atom. The number of hydrogen-bond acceptors (Lipinski definition) is 4. The lowest BCUT2D eigenvalue weighted by Crippen LogP contribution is -2.50. The van der Waals surface area contributed by atoms with Gasteiger partial charge in [0, 0.05) is 12.6 Å². The molecule has 1 atom stereocenters. The largest absolute Gasteiger partial charge is 0.459 e. The average molecular weight is 294 g/mol.